The Hall–Kier alpha value is -1.26. The van der Waals surface area contributed by atoms with Gasteiger partial charge in [0.15, 0.2) is 0 Å². The van der Waals surface area contributed by atoms with Crippen molar-refractivity contribution in [1.82, 2.24) is 4.98 Å². The van der Waals surface area contributed by atoms with Gasteiger partial charge in [-0.3, -0.25) is 9.40 Å². The second-order valence-electron chi connectivity index (χ2n) is 3.15. The first kappa shape index (κ1) is 9.30. The number of hydrazine groups is 1. The van der Waals surface area contributed by atoms with Crippen LogP contribution in [0.4, 0.5) is 5.69 Å². The van der Waals surface area contributed by atoms with Crippen LogP contribution in [0.25, 0.3) is 10.9 Å². The molecule has 0 aliphatic rings. The van der Waals surface area contributed by atoms with Crippen molar-refractivity contribution < 1.29 is 0 Å². The van der Waals surface area contributed by atoms with Crippen LogP contribution in [0.15, 0.2) is 30.5 Å². The van der Waals surface area contributed by atoms with Crippen LogP contribution in [0.1, 0.15) is 5.56 Å². The minimum Gasteiger partial charge on any atom is -0.254 e. The number of benzene rings is 1. The molecule has 0 fully saturated rings. The lowest BCUT2D eigenvalue weighted by atomic mass is 10.1. The van der Waals surface area contributed by atoms with Crippen LogP contribution in [0.2, 0.25) is 0 Å². The highest BCUT2D eigenvalue weighted by atomic mass is 32.1. The fourth-order valence-corrected chi connectivity index (χ4v) is 1.77. The SMILES string of the molecule is Cc1ccc2cccnc2c1N(N)S. The predicted molar refractivity (Wildman–Crippen MR) is 62.1 cm³/mol. The Kier molecular flexibility index (Phi) is 2.31. The van der Waals surface area contributed by atoms with E-state index in [-0.39, 0.29) is 0 Å². The number of anilines is 1. The van der Waals surface area contributed by atoms with Gasteiger partial charge in [-0.15, -0.1) is 0 Å². The Labute approximate surface area is 88.1 Å². The summed E-state index contributed by atoms with van der Waals surface area (Å²) in [5.41, 5.74) is 2.80. The van der Waals surface area contributed by atoms with Crippen molar-refractivity contribution in [3.05, 3.63) is 36.0 Å². The average molecular weight is 205 g/mol. The number of fused-ring (bicyclic) bond motifs is 1. The van der Waals surface area contributed by atoms with Crippen molar-refractivity contribution in [1.29, 1.82) is 0 Å². The molecule has 0 saturated heterocycles. The quantitative estimate of drug-likeness (QED) is 0.425. The summed E-state index contributed by atoms with van der Waals surface area (Å²) in [6.07, 6.45) is 1.75. The fraction of sp³-hybridized carbons (Fsp3) is 0.100. The first-order valence-corrected chi connectivity index (χ1v) is 4.68. The maximum atomic E-state index is 5.64. The van der Waals surface area contributed by atoms with E-state index < -0.39 is 0 Å². The molecule has 4 heteroatoms. The highest BCUT2D eigenvalue weighted by Crippen LogP contribution is 2.27. The number of aryl methyl sites for hydroxylation is 1. The highest BCUT2D eigenvalue weighted by molar-refractivity contribution is 7.81. The molecular formula is C10H11N3S. The molecule has 14 heavy (non-hydrogen) atoms. The average Bonchev–Trinajstić information content (AvgIpc) is 2.17. The van der Waals surface area contributed by atoms with E-state index in [0.717, 1.165) is 22.2 Å². The van der Waals surface area contributed by atoms with Gasteiger partial charge in [-0.05, 0) is 31.4 Å². The fourth-order valence-electron chi connectivity index (χ4n) is 1.52. The topological polar surface area (TPSA) is 42.2 Å². The summed E-state index contributed by atoms with van der Waals surface area (Å²) >= 11 is 4.10. The first-order chi connectivity index (χ1) is 6.70. The van der Waals surface area contributed by atoms with Gasteiger partial charge in [-0.2, -0.15) is 0 Å². The number of rotatable bonds is 1. The molecule has 0 bridgehead atoms. The molecule has 0 saturated carbocycles. The summed E-state index contributed by atoms with van der Waals surface area (Å²) in [7, 11) is 0. The molecule has 0 unspecified atom stereocenters. The lowest BCUT2D eigenvalue weighted by Crippen LogP contribution is -2.20. The van der Waals surface area contributed by atoms with Gasteiger partial charge in [-0.1, -0.05) is 18.2 Å². The summed E-state index contributed by atoms with van der Waals surface area (Å²) in [6.45, 7) is 1.99. The molecule has 1 heterocycles. The summed E-state index contributed by atoms with van der Waals surface area (Å²) < 4.78 is 1.31. The van der Waals surface area contributed by atoms with Crippen LogP contribution in [-0.4, -0.2) is 4.98 Å². The Balaban J connectivity index is 2.83. The van der Waals surface area contributed by atoms with Gasteiger partial charge in [0.2, 0.25) is 0 Å². The minimum absolute atomic E-state index is 0.853. The minimum atomic E-state index is 0.853. The first-order valence-electron chi connectivity index (χ1n) is 4.28. The van der Waals surface area contributed by atoms with Crippen molar-refractivity contribution in [2.24, 2.45) is 5.84 Å². The van der Waals surface area contributed by atoms with E-state index in [9.17, 15) is 0 Å². The number of nitrogens with zero attached hydrogens (tertiary/aromatic N) is 2. The van der Waals surface area contributed by atoms with Gasteiger partial charge in [0, 0.05) is 11.6 Å². The van der Waals surface area contributed by atoms with Crippen LogP contribution < -0.4 is 10.3 Å². The number of aromatic nitrogens is 1. The molecule has 0 amide bonds. The Morgan fingerprint density at radius 3 is 2.86 bits per heavy atom. The third kappa shape index (κ3) is 1.42. The number of hydrogen-bond donors (Lipinski definition) is 2. The van der Waals surface area contributed by atoms with E-state index in [1.807, 2.05) is 31.2 Å². The van der Waals surface area contributed by atoms with Gasteiger partial charge < -0.3 is 0 Å². The number of thiol groups is 1. The molecule has 72 valence electrons. The van der Waals surface area contributed by atoms with E-state index in [1.54, 1.807) is 6.20 Å². The molecule has 2 N–H and O–H groups in total. The lowest BCUT2D eigenvalue weighted by Gasteiger charge is -2.15. The third-order valence-corrected chi connectivity index (χ3v) is 2.38. The predicted octanol–water partition coefficient (Wildman–Crippen LogP) is 2.07. The van der Waals surface area contributed by atoms with Gasteiger partial charge in [0.25, 0.3) is 0 Å². The molecule has 2 rings (SSSR count). The van der Waals surface area contributed by atoms with E-state index in [2.05, 4.69) is 17.8 Å². The molecule has 2 aromatic rings. The highest BCUT2D eigenvalue weighted by Gasteiger charge is 2.07. The molecule has 0 aliphatic heterocycles. The number of hydrogen-bond acceptors (Lipinski definition) is 4. The molecule has 1 aromatic carbocycles. The van der Waals surface area contributed by atoms with E-state index >= 15 is 0 Å². The summed E-state index contributed by atoms with van der Waals surface area (Å²) in [5, 5.41) is 1.07. The van der Waals surface area contributed by atoms with Crippen molar-refractivity contribution in [3.63, 3.8) is 0 Å². The summed E-state index contributed by atoms with van der Waals surface area (Å²) in [4.78, 5) is 4.29. The number of nitrogens with two attached hydrogens (primary N) is 1. The van der Waals surface area contributed by atoms with Gasteiger partial charge in [0.1, 0.15) is 0 Å². The molecule has 3 nitrogen and oxygen atoms in total. The Bertz CT molecular complexity index is 468. The lowest BCUT2D eigenvalue weighted by molar-refractivity contribution is 1.20. The molecule has 0 radical (unpaired) electrons. The zero-order valence-electron chi connectivity index (χ0n) is 7.81. The van der Waals surface area contributed by atoms with E-state index in [0.29, 0.717) is 0 Å². The normalized spacial score (nSPS) is 10.5. The molecule has 0 atom stereocenters. The maximum absolute atomic E-state index is 5.64. The molecule has 1 aromatic heterocycles. The number of pyridine rings is 1. The Morgan fingerprint density at radius 2 is 2.14 bits per heavy atom. The Morgan fingerprint density at radius 1 is 1.36 bits per heavy atom. The van der Waals surface area contributed by atoms with Crippen LogP contribution in [0, 0.1) is 6.92 Å². The van der Waals surface area contributed by atoms with Gasteiger partial charge >= 0.3 is 0 Å². The second-order valence-corrected chi connectivity index (χ2v) is 3.58. The summed E-state index contributed by atoms with van der Waals surface area (Å²) in [5.74, 6) is 5.64. The third-order valence-electron chi connectivity index (χ3n) is 2.18. The van der Waals surface area contributed by atoms with E-state index in [4.69, 9.17) is 5.84 Å². The zero-order valence-corrected chi connectivity index (χ0v) is 8.70. The van der Waals surface area contributed by atoms with Crippen LogP contribution in [0.5, 0.6) is 0 Å². The standard InChI is InChI=1S/C10H11N3S/c1-7-4-5-8-3-2-6-12-9(8)10(7)13(11)14/h2-6,14H,11H2,1H3. The van der Waals surface area contributed by atoms with Gasteiger partial charge in [-0.25, -0.2) is 5.84 Å². The van der Waals surface area contributed by atoms with Crippen LogP contribution in [-0.2, 0) is 0 Å². The monoisotopic (exact) mass is 205 g/mol. The molecule has 0 spiro atoms. The second kappa shape index (κ2) is 3.48. The largest absolute Gasteiger partial charge is 0.254 e. The molecule has 0 aliphatic carbocycles. The molecular weight excluding hydrogens is 194 g/mol. The van der Waals surface area contributed by atoms with Crippen molar-refractivity contribution in [2.75, 3.05) is 4.41 Å². The smallest absolute Gasteiger partial charge is 0.0962 e. The van der Waals surface area contributed by atoms with Crippen molar-refractivity contribution in [2.45, 2.75) is 6.92 Å². The van der Waals surface area contributed by atoms with Crippen LogP contribution in [0.3, 0.4) is 0 Å². The van der Waals surface area contributed by atoms with E-state index in [1.165, 1.54) is 4.41 Å². The van der Waals surface area contributed by atoms with Crippen LogP contribution >= 0.6 is 12.8 Å². The maximum Gasteiger partial charge on any atom is 0.0962 e. The van der Waals surface area contributed by atoms with Crippen molar-refractivity contribution in [3.8, 4) is 0 Å². The summed E-state index contributed by atoms with van der Waals surface area (Å²) in [6, 6.07) is 7.94. The van der Waals surface area contributed by atoms with Crippen molar-refractivity contribution >= 4 is 29.4 Å². The zero-order chi connectivity index (χ0) is 10.1. The van der Waals surface area contributed by atoms with Gasteiger partial charge in [0.05, 0.1) is 11.2 Å².